The van der Waals surface area contributed by atoms with E-state index in [1.54, 1.807) is 23.8 Å². The molecule has 0 atom stereocenters. The molecule has 3 rings (SSSR count). The number of benzene rings is 2. The predicted molar refractivity (Wildman–Crippen MR) is 108 cm³/mol. The molecule has 0 aliphatic carbocycles. The number of nitrogens with one attached hydrogen (secondary N) is 2. The van der Waals surface area contributed by atoms with Gasteiger partial charge in [0.2, 0.25) is 5.91 Å². The molecule has 8 heteroatoms. The van der Waals surface area contributed by atoms with Gasteiger partial charge in [0.1, 0.15) is 12.3 Å². The van der Waals surface area contributed by atoms with Crippen LogP contribution in [0.25, 0.3) is 11.4 Å². The second-order valence-corrected chi connectivity index (χ2v) is 6.72. The zero-order chi connectivity index (χ0) is 19.2. The Morgan fingerprint density at radius 3 is 2.59 bits per heavy atom. The first-order chi connectivity index (χ1) is 13.1. The van der Waals surface area contributed by atoms with Gasteiger partial charge >= 0.3 is 0 Å². The lowest BCUT2D eigenvalue weighted by Gasteiger charge is -2.09. The van der Waals surface area contributed by atoms with Gasteiger partial charge in [-0.2, -0.15) is 5.10 Å². The molecule has 0 aliphatic rings. The molecule has 2 N–H and O–H groups in total. The van der Waals surface area contributed by atoms with Crippen LogP contribution in [0, 0.1) is 4.77 Å². The average Bonchev–Trinajstić information content (AvgIpc) is 3.03. The number of carbonyl (C=O) groups is 1. The fourth-order valence-corrected chi connectivity index (χ4v) is 2.94. The minimum absolute atomic E-state index is 0.0932. The van der Waals surface area contributed by atoms with E-state index >= 15 is 0 Å². The van der Waals surface area contributed by atoms with Gasteiger partial charge in [0.15, 0.2) is 10.6 Å². The van der Waals surface area contributed by atoms with Gasteiger partial charge in [-0.1, -0.05) is 23.7 Å². The molecule has 3 aromatic rings. The molecule has 1 aromatic heterocycles. The molecule has 0 saturated heterocycles. The van der Waals surface area contributed by atoms with Gasteiger partial charge in [0.25, 0.3) is 0 Å². The number of carbonyl (C=O) groups excluding carboxylic acids is 1. The smallest absolute Gasteiger partial charge is 0.240 e. The normalized spacial score (nSPS) is 10.6. The summed E-state index contributed by atoms with van der Waals surface area (Å²) in [6.45, 7) is 0.627. The largest absolute Gasteiger partial charge is 0.497 e. The van der Waals surface area contributed by atoms with Crippen LogP contribution in [0.3, 0.4) is 0 Å². The van der Waals surface area contributed by atoms with E-state index in [4.69, 9.17) is 28.6 Å². The van der Waals surface area contributed by atoms with E-state index in [2.05, 4.69) is 15.5 Å². The number of aromatic nitrogens is 3. The predicted octanol–water partition coefficient (Wildman–Crippen LogP) is 3.63. The molecule has 0 saturated carbocycles. The highest BCUT2D eigenvalue weighted by Crippen LogP contribution is 2.19. The molecule has 27 heavy (non-hydrogen) atoms. The maximum Gasteiger partial charge on any atom is 0.240 e. The minimum atomic E-state index is -0.128. The van der Waals surface area contributed by atoms with E-state index in [0.29, 0.717) is 22.2 Å². The van der Waals surface area contributed by atoms with Crippen molar-refractivity contribution in [2.24, 2.45) is 0 Å². The first kappa shape index (κ1) is 19.1. The molecule has 6 nitrogen and oxygen atoms in total. The minimum Gasteiger partial charge on any atom is -0.497 e. The maximum atomic E-state index is 12.3. The lowest BCUT2D eigenvalue weighted by Crippen LogP contribution is -2.29. The zero-order valence-electron chi connectivity index (χ0n) is 14.7. The van der Waals surface area contributed by atoms with Crippen molar-refractivity contribution in [1.82, 2.24) is 20.1 Å². The number of amides is 1. The summed E-state index contributed by atoms with van der Waals surface area (Å²) in [6.07, 6.45) is 0.733. The van der Waals surface area contributed by atoms with Gasteiger partial charge in [-0.05, 0) is 60.6 Å². The molecule has 0 bridgehead atoms. The molecule has 0 aliphatic heterocycles. The number of nitrogens with zero attached hydrogens (tertiary/aromatic N) is 2. The van der Waals surface area contributed by atoms with E-state index in [0.717, 1.165) is 23.3 Å². The Morgan fingerprint density at radius 1 is 1.22 bits per heavy atom. The maximum absolute atomic E-state index is 12.3. The molecule has 140 valence electrons. The van der Waals surface area contributed by atoms with Crippen molar-refractivity contribution in [2.45, 2.75) is 13.0 Å². The molecule has 0 unspecified atom stereocenters. The first-order valence-electron chi connectivity index (χ1n) is 8.37. The van der Waals surface area contributed by atoms with Crippen molar-refractivity contribution in [3.63, 3.8) is 0 Å². The Kier molecular flexibility index (Phi) is 6.26. The SMILES string of the molecule is COc1ccc(CCNC(=O)Cn2c(-c3ccc(Cl)cc3)n[nH]c2=S)cc1. The Balaban J connectivity index is 1.60. The van der Waals surface area contributed by atoms with Crippen LogP contribution in [0.4, 0.5) is 0 Å². The van der Waals surface area contributed by atoms with Gasteiger partial charge in [-0.15, -0.1) is 0 Å². The zero-order valence-corrected chi connectivity index (χ0v) is 16.3. The van der Waals surface area contributed by atoms with Gasteiger partial charge < -0.3 is 10.1 Å². The lowest BCUT2D eigenvalue weighted by atomic mass is 10.1. The van der Waals surface area contributed by atoms with Crippen molar-refractivity contribution >= 4 is 29.7 Å². The summed E-state index contributed by atoms with van der Waals surface area (Å²) in [7, 11) is 1.63. The molecule has 1 heterocycles. The highest BCUT2D eigenvalue weighted by molar-refractivity contribution is 7.71. The lowest BCUT2D eigenvalue weighted by molar-refractivity contribution is -0.121. The Labute approximate surface area is 167 Å². The Morgan fingerprint density at radius 2 is 1.93 bits per heavy atom. The Hall–Kier alpha value is -2.64. The van der Waals surface area contributed by atoms with Crippen LogP contribution in [-0.4, -0.2) is 34.3 Å². The van der Waals surface area contributed by atoms with Crippen molar-refractivity contribution in [1.29, 1.82) is 0 Å². The quantitative estimate of drug-likeness (QED) is 0.592. The fourth-order valence-electron chi connectivity index (χ4n) is 2.62. The third-order valence-corrected chi connectivity index (χ3v) is 4.62. The van der Waals surface area contributed by atoms with Crippen LogP contribution in [-0.2, 0) is 17.8 Å². The summed E-state index contributed by atoms with van der Waals surface area (Å²) < 4.78 is 7.20. The number of ether oxygens (including phenoxy) is 1. The number of aromatic amines is 1. The third kappa shape index (κ3) is 4.96. The summed E-state index contributed by atoms with van der Waals surface area (Å²) >= 11 is 11.2. The number of halogens is 1. The van der Waals surface area contributed by atoms with E-state index in [-0.39, 0.29) is 12.5 Å². The number of methoxy groups -OCH3 is 1. The van der Waals surface area contributed by atoms with Crippen LogP contribution >= 0.6 is 23.8 Å². The molecule has 0 spiro atoms. The number of rotatable bonds is 7. The topological polar surface area (TPSA) is 71.9 Å². The highest BCUT2D eigenvalue weighted by atomic mass is 35.5. The number of hydrogen-bond donors (Lipinski definition) is 2. The Bertz CT molecular complexity index is 965. The van der Waals surface area contributed by atoms with E-state index in [9.17, 15) is 4.79 Å². The summed E-state index contributed by atoms with van der Waals surface area (Å²) in [5.41, 5.74) is 1.95. The van der Waals surface area contributed by atoms with Crippen molar-refractivity contribution in [2.75, 3.05) is 13.7 Å². The molecular formula is C19H19ClN4O2S. The van der Waals surface area contributed by atoms with E-state index in [1.165, 1.54) is 0 Å². The number of H-pyrrole nitrogens is 1. The second-order valence-electron chi connectivity index (χ2n) is 5.89. The molecular weight excluding hydrogens is 384 g/mol. The highest BCUT2D eigenvalue weighted by Gasteiger charge is 2.12. The number of hydrogen-bond acceptors (Lipinski definition) is 4. The van der Waals surface area contributed by atoms with Crippen LogP contribution in [0.5, 0.6) is 5.75 Å². The fraction of sp³-hybridized carbons (Fsp3) is 0.211. The molecule has 0 fully saturated rings. The standard InChI is InChI=1S/C19H19ClN4O2S/c1-26-16-8-2-13(3-9-16)10-11-21-17(25)12-24-18(22-23-19(24)27)14-4-6-15(20)7-5-14/h2-9H,10-12H2,1H3,(H,21,25)(H,23,27). The summed E-state index contributed by atoms with van der Waals surface area (Å²) in [5.74, 6) is 1.28. The van der Waals surface area contributed by atoms with Crippen molar-refractivity contribution in [3.8, 4) is 17.1 Å². The molecule has 1 amide bonds. The van der Waals surface area contributed by atoms with Crippen LogP contribution in [0.15, 0.2) is 48.5 Å². The first-order valence-corrected chi connectivity index (χ1v) is 9.16. The van der Waals surface area contributed by atoms with Crippen LogP contribution < -0.4 is 10.1 Å². The summed E-state index contributed by atoms with van der Waals surface area (Å²) in [6, 6.07) is 15.0. The second kappa shape index (κ2) is 8.83. The van der Waals surface area contributed by atoms with E-state index in [1.807, 2.05) is 36.4 Å². The van der Waals surface area contributed by atoms with Gasteiger partial charge in [-0.25, -0.2) is 0 Å². The van der Waals surface area contributed by atoms with Crippen molar-refractivity contribution < 1.29 is 9.53 Å². The van der Waals surface area contributed by atoms with Crippen molar-refractivity contribution in [3.05, 3.63) is 63.9 Å². The third-order valence-electron chi connectivity index (χ3n) is 4.06. The summed E-state index contributed by atoms with van der Waals surface area (Å²) in [5, 5.41) is 10.5. The molecule has 0 radical (unpaired) electrons. The van der Waals surface area contributed by atoms with E-state index < -0.39 is 0 Å². The van der Waals surface area contributed by atoms with Gasteiger partial charge in [0, 0.05) is 17.1 Å². The monoisotopic (exact) mass is 402 g/mol. The van der Waals surface area contributed by atoms with Gasteiger partial charge in [0.05, 0.1) is 7.11 Å². The average molecular weight is 403 g/mol. The van der Waals surface area contributed by atoms with Crippen LogP contribution in [0.2, 0.25) is 5.02 Å². The summed E-state index contributed by atoms with van der Waals surface area (Å²) in [4.78, 5) is 12.3. The molecule has 2 aromatic carbocycles. The van der Waals surface area contributed by atoms with Crippen LogP contribution in [0.1, 0.15) is 5.56 Å². The van der Waals surface area contributed by atoms with Gasteiger partial charge in [-0.3, -0.25) is 14.5 Å².